The maximum absolute atomic E-state index is 12.4. The summed E-state index contributed by atoms with van der Waals surface area (Å²) in [5, 5.41) is 18.1. The molecule has 134 valence electrons. The minimum atomic E-state index is -1.07. The molecule has 1 saturated heterocycles. The SMILES string of the molecule is COc1cc(C2CC(=O)N(c3ccc(C(=O)O)cc3)C2)ccc1C(=O)O. The lowest BCUT2D eigenvalue weighted by molar-refractivity contribution is -0.117. The Morgan fingerprint density at radius 3 is 2.35 bits per heavy atom. The second-order valence-corrected chi connectivity index (χ2v) is 6.02. The van der Waals surface area contributed by atoms with Crippen LogP contribution in [-0.4, -0.2) is 41.7 Å². The number of carboxylic acid groups (broad SMARTS) is 2. The van der Waals surface area contributed by atoms with Crippen LogP contribution in [0.25, 0.3) is 0 Å². The molecule has 1 aliphatic rings. The van der Waals surface area contributed by atoms with E-state index in [1.54, 1.807) is 29.2 Å². The van der Waals surface area contributed by atoms with Gasteiger partial charge < -0.3 is 19.8 Å². The molecule has 7 nitrogen and oxygen atoms in total. The fourth-order valence-electron chi connectivity index (χ4n) is 3.10. The molecule has 1 aliphatic heterocycles. The molecule has 0 spiro atoms. The van der Waals surface area contributed by atoms with Crippen molar-refractivity contribution in [3.8, 4) is 5.75 Å². The van der Waals surface area contributed by atoms with Crippen molar-refractivity contribution in [3.63, 3.8) is 0 Å². The van der Waals surface area contributed by atoms with Crippen LogP contribution in [0.15, 0.2) is 42.5 Å². The summed E-state index contributed by atoms with van der Waals surface area (Å²) >= 11 is 0. The van der Waals surface area contributed by atoms with Gasteiger partial charge in [-0.2, -0.15) is 0 Å². The average Bonchev–Trinajstić information content (AvgIpc) is 3.02. The minimum absolute atomic E-state index is 0.0700. The van der Waals surface area contributed by atoms with E-state index < -0.39 is 11.9 Å². The number of carbonyl (C=O) groups excluding carboxylic acids is 1. The molecular weight excluding hydrogens is 338 g/mol. The highest BCUT2D eigenvalue weighted by molar-refractivity contribution is 5.97. The monoisotopic (exact) mass is 355 g/mol. The topological polar surface area (TPSA) is 104 Å². The number of methoxy groups -OCH3 is 1. The number of carbonyl (C=O) groups is 3. The Bertz CT molecular complexity index is 874. The first-order chi connectivity index (χ1) is 12.4. The van der Waals surface area contributed by atoms with Crippen molar-refractivity contribution in [2.24, 2.45) is 0 Å². The Morgan fingerprint density at radius 1 is 1.08 bits per heavy atom. The van der Waals surface area contributed by atoms with Crippen molar-refractivity contribution in [2.45, 2.75) is 12.3 Å². The van der Waals surface area contributed by atoms with E-state index in [0.717, 1.165) is 5.56 Å². The number of hydrogen-bond donors (Lipinski definition) is 2. The van der Waals surface area contributed by atoms with Crippen molar-refractivity contribution in [1.82, 2.24) is 0 Å². The molecule has 1 unspecified atom stereocenters. The Morgan fingerprint density at radius 2 is 1.77 bits per heavy atom. The molecular formula is C19H17NO6. The predicted octanol–water partition coefficient (Wildman–Crippen LogP) is 2.61. The maximum atomic E-state index is 12.4. The molecule has 2 N–H and O–H groups in total. The number of hydrogen-bond acceptors (Lipinski definition) is 4. The molecule has 1 fully saturated rings. The second kappa shape index (κ2) is 6.87. The van der Waals surface area contributed by atoms with Crippen molar-refractivity contribution < 1.29 is 29.3 Å². The zero-order valence-electron chi connectivity index (χ0n) is 14.0. The number of rotatable bonds is 5. The summed E-state index contributed by atoms with van der Waals surface area (Å²) in [5.41, 5.74) is 1.69. The van der Waals surface area contributed by atoms with Crippen LogP contribution in [0.4, 0.5) is 5.69 Å². The Kier molecular flexibility index (Phi) is 4.62. The van der Waals surface area contributed by atoms with E-state index >= 15 is 0 Å². The molecule has 3 rings (SSSR count). The largest absolute Gasteiger partial charge is 0.496 e. The van der Waals surface area contributed by atoms with E-state index in [9.17, 15) is 14.4 Å². The van der Waals surface area contributed by atoms with Gasteiger partial charge in [-0.1, -0.05) is 6.07 Å². The Hall–Kier alpha value is -3.35. The summed E-state index contributed by atoms with van der Waals surface area (Å²) < 4.78 is 5.15. The molecule has 0 aliphatic carbocycles. The van der Waals surface area contributed by atoms with Gasteiger partial charge >= 0.3 is 11.9 Å². The highest BCUT2D eigenvalue weighted by atomic mass is 16.5. The molecule has 26 heavy (non-hydrogen) atoms. The summed E-state index contributed by atoms with van der Waals surface area (Å²) in [6.07, 6.45) is 0.288. The lowest BCUT2D eigenvalue weighted by atomic mass is 9.96. The van der Waals surface area contributed by atoms with E-state index in [0.29, 0.717) is 12.2 Å². The van der Waals surface area contributed by atoms with Gasteiger partial charge in [0.15, 0.2) is 0 Å². The lowest BCUT2D eigenvalue weighted by Crippen LogP contribution is -2.24. The predicted molar refractivity (Wildman–Crippen MR) is 93.1 cm³/mol. The molecule has 0 saturated carbocycles. The van der Waals surface area contributed by atoms with Gasteiger partial charge in [0.25, 0.3) is 0 Å². The van der Waals surface area contributed by atoms with E-state index in [2.05, 4.69) is 0 Å². The number of ether oxygens (including phenoxy) is 1. The third-order valence-electron chi connectivity index (χ3n) is 4.48. The fourth-order valence-corrected chi connectivity index (χ4v) is 3.10. The van der Waals surface area contributed by atoms with Crippen LogP contribution in [0.3, 0.4) is 0 Å². The second-order valence-electron chi connectivity index (χ2n) is 6.02. The summed E-state index contributed by atoms with van der Waals surface area (Å²) in [6, 6.07) is 11.0. The standard InChI is InChI=1S/C19H17NO6/c1-26-16-8-12(4-7-15(16)19(24)25)13-9-17(21)20(10-13)14-5-2-11(3-6-14)18(22)23/h2-8,13H,9-10H2,1H3,(H,22,23)(H,24,25). The van der Waals surface area contributed by atoms with Crippen LogP contribution in [0.2, 0.25) is 0 Å². The van der Waals surface area contributed by atoms with E-state index in [-0.39, 0.29) is 35.1 Å². The molecule has 1 amide bonds. The van der Waals surface area contributed by atoms with Crippen LogP contribution in [0.5, 0.6) is 5.75 Å². The number of carboxylic acids is 2. The molecule has 0 radical (unpaired) electrons. The minimum Gasteiger partial charge on any atom is -0.496 e. The number of amides is 1. The molecule has 1 atom stereocenters. The van der Waals surface area contributed by atoms with Gasteiger partial charge in [-0.15, -0.1) is 0 Å². The summed E-state index contributed by atoms with van der Waals surface area (Å²) in [5.74, 6) is -2.01. The van der Waals surface area contributed by atoms with E-state index in [1.807, 2.05) is 0 Å². The zero-order valence-corrected chi connectivity index (χ0v) is 14.0. The van der Waals surface area contributed by atoms with Crippen LogP contribution in [0.1, 0.15) is 38.6 Å². The van der Waals surface area contributed by atoms with Crippen molar-refractivity contribution in [3.05, 3.63) is 59.2 Å². The van der Waals surface area contributed by atoms with Gasteiger partial charge in [0, 0.05) is 24.6 Å². The first-order valence-corrected chi connectivity index (χ1v) is 7.95. The molecule has 1 heterocycles. The first-order valence-electron chi connectivity index (χ1n) is 7.95. The third-order valence-corrected chi connectivity index (χ3v) is 4.48. The lowest BCUT2D eigenvalue weighted by Gasteiger charge is -2.17. The highest BCUT2D eigenvalue weighted by Gasteiger charge is 2.32. The highest BCUT2D eigenvalue weighted by Crippen LogP contribution is 2.34. The third kappa shape index (κ3) is 3.23. The number of aromatic carboxylic acids is 2. The molecule has 0 aromatic heterocycles. The normalized spacial score (nSPS) is 16.6. The van der Waals surface area contributed by atoms with E-state index in [4.69, 9.17) is 14.9 Å². The van der Waals surface area contributed by atoms with Gasteiger partial charge in [0.05, 0.1) is 12.7 Å². The van der Waals surface area contributed by atoms with Crippen molar-refractivity contribution in [1.29, 1.82) is 0 Å². The summed E-state index contributed by atoms with van der Waals surface area (Å²) in [6.45, 7) is 0.431. The van der Waals surface area contributed by atoms with Gasteiger partial charge in [0.2, 0.25) is 5.91 Å². The molecule has 2 aromatic carbocycles. The van der Waals surface area contributed by atoms with Crippen molar-refractivity contribution in [2.75, 3.05) is 18.6 Å². The first kappa shape index (κ1) is 17.5. The quantitative estimate of drug-likeness (QED) is 0.854. The average molecular weight is 355 g/mol. The van der Waals surface area contributed by atoms with Crippen LogP contribution in [-0.2, 0) is 4.79 Å². The Labute approximate surface area is 149 Å². The maximum Gasteiger partial charge on any atom is 0.339 e. The van der Waals surface area contributed by atoms with Crippen LogP contribution in [0, 0.1) is 0 Å². The van der Waals surface area contributed by atoms with Gasteiger partial charge in [-0.3, -0.25) is 4.79 Å². The van der Waals surface area contributed by atoms with E-state index in [1.165, 1.54) is 25.3 Å². The van der Waals surface area contributed by atoms with Gasteiger partial charge in [0.1, 0.15) is 11.3 Å². The molecule has 2 aromatic rings. The Balaban J connectivity index is 1.83. The smallest absolute Gasteiger partial charge is 0.339 e. The van der Waals surface area contributed by atoms with Crippen molar-refractivity contribution >= 4 is 23.5 Å². The summed E-state index contributed by atoms with van der Waals surface area (Å²) in [7, 11) is 1.40. The van der Waals surface area contributed by atoms with Gasteiger partial charge in [-0.05, 0) is 42.0 Å². The number of nitrogens with zero attached hydrogens (tertiary/aromatic N) is 1. The van der Waals surface area contributed by atoms with Crippen LogP contribution >= 0.6 is 0 Å². The number of anilines is 1. The molecule has 7 heteroatoms. The summed E-state index contributed by atoms with van der Waals surface area (Å²) in [4.78, 5) is 36.1. The van der Waals surface area contributed by atoms with Gasteiger partial charge in [-0.25, -0.2) is 9.59 Å². The number of benzene rings is 2. The zero-order chi connectivity index (χ0) is 18.8. The fraction of sp³-hybridized carbons (Fsp3) is 0.211. The molecule has 0 bridgehead atoms. The van der Waals surface area contributed by atoms with Crippen LogP contribution < -0.4 is 9.64 Å².